The van der Waals surface area contributed by atoms with E-state index in [0.717, 1.165) is 5.56 Å². The van der Waals surface area contributed by atoms with E-state index in [-0.39, 0.29) is 49.5 Å². The molecule has 20 heteroatoms. The van der Waals surface area contributed by atoms with Crippen molar-refractivity contribution in [1.29, 1.82) is 0 Å². The van der Waals surface area contributed by atoms with Crippen LogP contribution in [0.3, 0.4) is 0 Å². The summed E-state index contributed by atoms with van der Waals surface area (Å²) < 4.78 is 34.9. The van der Waals surface area contributed by atoms with Crippen molar-refractivity contribution in [3.05, 3.63) is 60.2 Å². The van der Waals surface area contributed by atoms with Crippen molar-refractivity contribution in [3.8, 4) is 0 Å². The number of rotatable bonds is 15. The molecule has 0 bridgehead atoms. The predicted octanol–water partition coefficient (Wildman–Crippen LogP) is -0.0568. The summed E-state index contributed by atoms with van der Waals surface area (Å²) in [6, 6.07) is 9.46. The molecule has 1 aliphatic carbocycles. The van der Waals surface area contributed by atoms with E-state index in [0.29, 0.717) is 32.5 Å². The largest absolute Gasteiger partial charge is 0.777 e. The quantitative estimate of drug-likeness (QED) is 0.104. The Hall–Kier alpha value is -3.05. The lowest BCUT2D eigenvalue weighted by Gasteiger charge is -2.32. The smallest absolute Gasteiger partial charge is 0.480 e. The molecule has 1 saturated heterocycles. The van der Waals surface area contributed by atoms with Crippen molar-refractivity contribution in [3.63, 3.8) is 0 Å². The Bertz CT molecular complexity index is 1500. The molecule has 2 heterocycles. The molecule has 268 valence electrons. The second-order valence-corrected chi connectivity index (χ2v) is 16.3. The van der Waals surface area contributed by atoms with Gasteiger partial charge in [-0.15, -0.1) is 0 Å². The van der Waals surface area contributed by atoms with E-state index in [2.05, 4.69) is 20.6 Å². The van der Waals surface area contributed by atoms with Gasteiger partial charge in [-0.05, 0) is 37.3 Å². The number of hydrogen-bond acceptors (Lipinski definition) is 11. The van der Waals surface area contributed by atoms with Crippen LogP contribution in [0.5, 0.6) is 0 Å². The summed E-state index contributed by atoms with van der Waals surface area (Å²) in [5.74, 6) is -2.48. The van der Waals surface area contributed by atoms with Gasteiger partial charge in [-0.2, -0.15) is 0 Å². The molecule has 1 aromatic heterocycles. The van der Waals surface area contributed by atoms with E-state index in [1.165, 1.54) is 18.6 Å². The molecule has 1 saturated carbocycles. The molecule has 3 amide bonds. The summed E-state index contributed by atoms with van der Waals surface area (Å²) in [6.07, 6.45) is 5.07. The lowest BCUT2D eigenvalue weighted by atomic mass is 9.73. The number of nitrogens with one attached hydrogen (secondary N) is 3. The molecule has 0 radical (unpaired) electrons. The van der Waals surface area contributed by atoms with Gasteiger partial charge in [-0.3, -0.25) is 28.8 Å². The monoisotopic (exact) mass is 723 g/mol. The van der Waals surface area contributed by atoms with Gasteiger partial charge in [0.15, 0.2) is 13.1 Å². The summed E-state index contributed by atoms with van der Waals surface area (Å²) in [6.45, 7) is 5.69. The highest BCUT2D eigenvalue weighted by Crippen LogP contribution is 2.56. The van der Waals surface area contributed by atoms with Gasteiger partial charge in [0.1, 0.15) is 11.2 Å². The lowest BCUT2D eigenvalue weighted by molar-refractivity contribution is -0.195. The first-order valence-corrected chi connectivity index (χ1v) is 19.2. The van der Waals surface area contributed by atoms with Crippen LogP contribution in [0.4, 0.5) is 0 Å². The first kappa shape index (κ1) is 38.8. The molecule has 17 nitrogen and oxygen atoms in total. The van der Waals surface area contributed by atoms with Crippen molar-refractivity contribution in [2.45, 2.75) is 62.5 Å². The standard InChI is InChI=1S/C29H43BN6O11P2/c1-20(2)17-24(30-46-15-13-36(14-16-47-30)12-6-9-25(37)34-28(48(40,41)42)49(43,44)45)33-27(39)29(18-22(29)21-7-4-3-5-8-21)35-26(38)23-19-31-10-11-32-23/h3-5,7-8,10-11,19-20,22,24,28H,6,9,12-18H2,1-2H3,(H,33,39)(H,34,37)(H,35,38)(H2,40,41,42)(H2,43,44,45)/p-1/t22-,24+,29-/m1/s1. The predicted molar refractivity (Wildman–Crippen MR) is 175 cm³/mol. The van der Waals surface area contributed by atoms with Crippen LogP contribution in [0.2, 0.25) is 0 Å². The van der Waals surface area contributed by atoms with E-state index < -0.39 is 51.1 Å². The highest BCUT2D eigenvalue weighted by molar-refractivity contribution is 7.70. The van der Waals surface area contributed by atoms with Gasteiger partial charge in [0.2, 0.25) is 11.8 Å². The molecule has 1 aliphatic heterocycles. The van der Waals surface area contributed by atoms with E-state index >= 15 is 0 Å². The van der Waals surface area contributed by atoms with Gasteiger partial charge in [-0.1, -0.05) is 44.2 Å². The third-order valence-electron chi connectivity index (χ3n) is 8.25. The third-order valence-corrected chi connectivity index (χ3v) is 11.5. The maximum Gasteiger partial charge on any atom is 0.480 e. The van der Waals surface area contributed by atoms with E-state index in [1.54, 1.807) is 5.32 Å². The van der Waals surface area contributed by atoms with Crippen LogP contribution in [-0.2, 0) is 28.0 Å². The number of nitrogens with zero attached hydrogens (tertiary/aromatic N) is 3. The molecule has 5 atom stereocenters. The van der Waals surface area contributed by atoms with Crippen LogP contribution in [0.1, 0.15) is 61.5 Å². The Labute approximate surface area is 284 Å². The SMILES string of the molecule is CC(C)C[C@H](NC(=O)[C@@]1(NC(=O)c2cnccn2)C[C@@H]1c1ccccc1)B1OCCN(CCCC(=O)NC(P(=O)([O-])O)P(=O)(O)O)CCO1. The lowest BCUT2D eigenvalue weighted by Crippen LogP contribution is -2.58. The zero-order valence-corrected chi connectivity index (χ0v) is 29.0. The average molecular weight is 723 g/mol. The molecule has 2 unspecified atom stereocenters. The van der Waals surface area contributed by atoms with Gasteiger partial charge in [0.05, 0.1) is 12.1 Å². The Morgan fingerprint density at radius 1 is 1.08 bits per heavy atom. The third kappa shape index (κ3) is 11.0. The topological polar surface area (TPSA) is 253 Å². The Morgan fingerprint density at radius 3 is 2.33 bits per heavy atom. The van der Waals surface area contributed by atoms with Crippen LogP contribution < -0.4 is 20.8 Å². The minimum Gasteiger partial charge on any atom is -0.777 e. The number of benzene rings is 1. The van der Waals surface area contributed by atoms with Crippen molar-refractivity contribution < 1.29 is 52.4 Å². The molecule has 4 rings (SSSR count). The fourth-order valence-corrected chi connectivity index (χ4v) is 7.91. The molecular weight excluding hydrogens is 681 g/mol. The van der Waals surface area contributed by atoms with Crippen LogP contribution >= 0.6 is 15.2 Å². The van der Waals surface area contributed by atoms with Gasteiger partial charge in [0, 0.05) is 51.0 Å². The highest BCUT2D eigenvalue weighted by atomic mass is 31.2. The van der Waals surface area contributed by atoms with Gasteiger partial charge < -0.3 is 49.4 Å². The summed E-state index contributed by atoms with van der Waals surface area (Å²) >= 11 is 0. The molecular formula is C29H42BN6O11P2-. The van der Waals surface area contributed by atoms with E-state index in [4.69, 9.17) is 24.0 Å². The van der Waals surface area contributed by atoms with E-state index in [1.807, 2.05) is 49.1 Å². The van der Waals surface area contributed by atoms with Crippen molar-refractivity contribution in [1.82, 2.24) is 30.8 Å². The number of amides is 3. The molecule has 1 aromatic carbocycles. The Balaban J connectivity index is 1.35. The summed E-state index contributed by atoms with van der Waals surface area (Å²) in [5, 5.41) is 7.72. The summed E-state index contributed by atoms with van der Waals surface area (Å²) in [7, 11) is -11.7. The normalized spacial score (nSPS) is 22.6. The fourth-order valence-electron chi connectivity index (χ4n) is 5.77. The minimum absolute atomic E-state index is 0.0905. The fraction of sp³-hybridized carbons (Fsp3) is 0.552. The van der Waals surface area contributed by atoms with Gasteiger partial charge >= 0.3 is 14.7 Å². The van der Waals surface area contributed by atoms with Crippen molar-refractivity contribution in [2.24, 2.45) is 5.92 Å². The zero-order valence-electron chi connectivity index (χ0n) is 27.2. The van der Waals surface area contributed by atoms with E-state index in [9.17, 15) is 28.4 Å². The second-order valence-electron chi connectivity index (χ2n) is 12.5. The minimum atomic E-state index is -5.53. The first-order chi connectivity index (χ1) is 23.1. The number of hydrogen-bond donors (Lipinski definition) is 6. The van der Waals surface area contributed by atoms with Crippen LogP contribution in [0.25, 0.3) is 0 Å². The zero-order chi connectivity index (χ0) is 35.8. The summed E-state index contributed by atoms with van der Waals surface area (Å²) in [4.78, 5) is 88.1. The van der Waals surface area contributed by atoms with Crippen LogP contribution in [0.15, 0.2) is 48.9 Å². The average Bonchev–Trinajstić information content (AvgIpc) is 3.75. The summed E-state index contributed by atoms with van der Waals surface area (Å²) in [5.41, 5.74) is -2.93. The maximum atomic E-state index is 14.1. The van der Waals surface area contributed by atoms with Crippen molar-refractivity contribution >= 4 is 40.0 Å². The molecule has 2 aliphatic rings. The van der Waals surface area contributed by atoms with Gasteiger partial charge in [0.25, 0.3) is 5.91 Å². The number of carbonyl (C=O) groups excluding carboxylic acids is 3. The molecule has 0 spiro atoms. The molecule has 2 aromatic rings. The highest BCUT2D eigenvalue weighted by Gasteiger charge is 2.62. The van der Waals surface area contributed by atoms with Crippen LogP contribution in [-0.4, -0.2) is 104 Å². The molecule has 6 N–H and O–H groups in total. The van der Waals surface area contributed by atoms with Crippen LogP contribution in [0, 0.1) is 5.92 Å². The second kappa shape index (κ2) is 16.8. The van der Waals surface area contributed by atoms with Gasteiger partial charge in [-0.25, -0.2) is 4.98 Å². The molecule has 49 heavy (non-hydrogen) atoms. The maximum absolute atomic E-state index is 14.1. The molecule has 2 fully saturated rings. The van der Waals surface area contributed by atoms with Crippen molar-refractivity contribution in [2.75, 3.05) is 32.8 Å². The number of carbonyl (C=O) groups is 3. The first-order valence-electron chi connectivity index (χ1n) is 15.9. The number of aromatic nitrogens is 2. The Kier molecular flexibility index (Phi) is 13.3. The Morgan fingerprint density at radius 2 is 1.76 bits per heavy atom.